The maximum atomic E-state index is 12.7. The van der Waals surface area contributed by atoms with Gasteiger partial charge in [-0.25, -0.2) is 4.79 Å². The van der Waals surface area contributed by atoms with E-state index in [4.69, 9.17) is 0 Å². The Morgan fingerprint density at radius 2 is 2.13 bits per heavy atom. The van der Waals surface area contributed by atoms with Crippen LogP contribution >= 0.6 is 0 Å². The van der Waals surface area contributed by atoms with Crippen LogP contribution in [0.25, 0.3) is 0 Å². The van der Waals surface area contributed by atoms with Crippen molar-refractivity contribution in [2.75, 3.05) is 13.2 Å². The van der Waals surface area contributed by atoms with Crippen LogP contribution in [0.5, 0.6) is 0 Å². The molecule has 4 nitrogen and oxygen atoms in total. The van der Waals surface area contributed by atoms with Gasteiger partial charge in [0.2, 0.25) is 0 Å². The predicted molar refractivity (Wildman–Crippen MR) is 89.4 cm³/mol. The molecule has 23 heavy (non-hydrogen) atoms. The van der Waals surface area contributed by atoms with E-state index in [1.165, 1.54) is 17.5 Å². The van der Waals surface area contributed by atoms with Gasteiger partial charge in [0, 0.05) is 31.2 Å². The molecule has 2 fully saturated rings. The molecule has 3 aliphatic rings. The standard InChI is InChI=1S/C19H26N2O2/c22-12-10-14-6-3-4-11-21(14)19(23)20-18-16-9-8-13-5-1-2-7-15(13)17(16)18/h1-2,5,7,14,16-18,22H,3-4,6,8-12H2,(H,20,23). The van der Waals surface area contributed by atoms with Crippen LogP contribution in [0.2, 0.25) is 0 Å². The topological polar surface area (TPSA) is 52.6 Å². The molecule has 1 aliphatic heterocycles. The summed E-state index contributed by atoms with van der Waals surface area (Å²) in [5, 5.41) is 12.5. The van der Waals surface area contributed by atoms with Gasteiger partial charge in [-0.15, -0.1) is 0 Å². The highest BCUT2D eigenvalue weighted by molar-refractivity contribution is 5.76. The lowest BCUT2D eigenvalue weighted by Crippen LogP contribution is -2.49. The van der Waals surface area contributed by atoms with Crippen molar-refractivity contribution >= 4 is 6.03 Å². The zero-order valence-electron chi connectivity index (χ0n) is 13.6. The third-order valence-corrected chi connectivity index (χ3v) is 5.97. The molecule has 4 unspecified atom stereocenters. The number of nitrogens with zero attached hydrogens (tertiary/aromatic N) is 1. The lowest BCUT2D eigenvalue weighted by atomic mass is 9.92. The number of hydrogen-bond donors (Lipinski definition) is 2. The zero-order chi connectivity index (χ0) is 15.8. The molecular formula is C19H26N2O2. The molecule has 0 spiro atoms. The molecule has 1 saturated carbocycles. The largest absolute Gasteiger partial charge is 0.396 e. The second-order valence-corrected chi connectivity index (χ2v) is 7.26. The molecule has 4 rings (SSSR count). The number of benzene rings is 1. The van der Waals surface area contributed by atoms with Crippen LogP contribution in [0.15, 0.2) is 24.3 Å². The van der Waals surface area contributed by atoms with E-state index in [1.54, 1.807) is 0 Å². The molecular weight excluding hydrogens is 288 g/mol. The molecule has 1 aromatic rings. The minimum Gasteiger partial charge on any atom is -0.396 e. The third-order valence-electron chi connectivity index (χ3n) is 5.97. The van der Waals surface area contributed by atoms with Crippen LogP contribution in [0.1, 0.15) is 49.1 Å². The van der Waals surface area contributed by atoms with Gasteiger partial charge in [0.05, 0.1) is 0 Å². The number of piperidine rings is 1. The summed E-state index contributed by atoms with van der Waals surface area (Å²) >= 11 is 0. The van der Waals surface area contributed by atoms with Gasteiger partial charge in [-0.1, -0.05) is 24.3 Å². The van der Waals surface area contributed by atoms with Crippen LogP contribution in [0.3, 0.4) is 0 Å². The molecule has 124 valence electrons. The number of hydrogen-bond acceptors (Lipinski definition) is 2. The number of aryl methyl sites for hydroxylation is 1. The third kappa shape index (κ3) is 2.74. The first-order chi connectivity index (χ1) is 11.3. The first kappa shape index (κ1) is 15.0. The molecule has 4 atom stereocenters. The first-order valence-corrected chi connectivity index (χ1v) is 9.05. The normalized spacial score (nSPS) is 32.0. The summed E-state index contributed by atoms with van der Waals surface area (Å²) in [6.45, 7) is 0.992. The summed E-state index contributed by atoms with van der Waals surface area (Å²) in [5.41, 5.74) is 2.90. The molecule has 2 amide bonds. The number of nitrogens with one attached hydrogen (secondary N) is 1. The Bertz CT molecular complexity index is 586. The van der Waals surface area contributed by atoms with E-state index < -0.39 is 0 Å². The van der Waals surface area contributed by atoms with Crippen molar-refractivity contribution in [1.82, 2.24) is 10.2 Å². The Hall–Kier alpha value is -1.55. The lowest BCUT2D eigenvalue weighted by molar-refractivity contribution is 0.131. The van der Waals surface area contributed by atoms with Gasteiger partial charge in [-0.3, -0.25) is 0 Å². The SMILES string of the molecule is O=C(NC1C2CCc3ccccc3C21)N1CCCCC1CCO. The van der Waals surface area contributed by atoms with Crippen LogP contribution in [0, 0.1) is 5.92 Å². The number of aliphatic hydroxyl groups excluding tert-OH is 1. The fourth-order valence-corrected chi connectivity index (χ4v) is 4.71. The molecule has 4 heteroatoms. The molecule has 0 aromatic heterocycles. The van der Waals surface area contributed by atoms with Crippen LogP contribution in [-0.2, 0) is 6.42 Å². The Labute approximate surface area is 137 Å². The quantitative estimate of drug-likeness (QED) is 0.901. The van der Waals surface area contributed by atoms with E-state index >= 15 is 0 Å². The van der Waals surface area contributed by atoms with E-state index in [2.05, 4.69) is 29.6 Å². The van der Waals surface area contributed by atoms with Gasteiger partial charge in [-0.05, 0) is 55.6 Å². The molecule has 2 N–H and O–H groups in total. The van der Waals surface area contributed by atoms with Crippen molar-refractivity contribution < 1.29 is 9.90 Å². The number of likely N-dealkylation sites (tertiary alicyclic amines) is 1. The Balaban J connectivity index is 1.42. The molecule has 1 saturated heterocycles. The summed E-state index contributed by atoms with van der Waals surface area (Å²) in [6.07, 6.45) is 6.29. The Morgan fingerprint density at radius 3 is 3.00 bits per heavy atom. The van der Waals surface area contributed by atoms with Crippen molar-refractivity contribution in [3.05, 3.63) is 35.4 Å². The predicted octanol–water partition coefficient (Wildman–Crippen LogP) is 2.66. The number of urea groups is 1. The fraction of sp³-hybridized carbons (Fsp3) is 0.632. The van der Waals surface area contributed by atoms with E-state index in [0.717, 1.165) is 32.2 Å². The fourth-order valence-electron chi connectivity index (χ4n) is 4.71. The molecule has 0 bridgehead atoms. The maximum Gasteiger partial charge on any atom is 0.317 e. The number of carbonyl (C=O) groups is 1. The van der Waals surface area contributed by atoms with Crippen molar-refractivity contribution in [3.8, 4) is 0 Å². The van der Waals surface area contributed by atoms with Gasteiger partial charge in [-0.2, -0.15) is 0 Å². The highest BCUT2D eigenvalue weighted by Gasteiger charge is 2.54. The monoisotopic (exact) mass is 314 g/mol. The Kier molecular flexibility index (Phi) is 4.02. The average molecular weight is 314 g/mol. The first-order valence-electron chi connectivity index (χ1n) is 9.05. The van der Waals surface area contributed by atoms with E-state index in [1.807, 2.05) is 4.90 Å². The summed E-state index contributed by atoms with van der Waals surface area (Å²) in [6, 6.07) is 9.28. The van der Waals surface area contributed by atoms with Crippen LogP contribution in [-0.4, -0.2) is 41.3 Å². The number of aliphatic hydroxyl groups is 1. The van der Waals surface area contributed by atoms with E-state index in [-0.39, 0.29) is 18.7 Å². The van der Waals surface area contributed by atoms with Gasteiger partial charge >= 0.3 is 6.03 Å². The van der Waals surface area contributed by atoms with Crippen LogP contribution in [0.4, 0.5) is 4.79 Å². The smallest absolute Gasteiger partial charge is 0.317 e. The van der Waals surface area contributed by atoms with Crippen molar-refractivity contribution in [2.45, 2.75) is 56.5 Å². The molecule has 0 radical (unpaired) electrons. The summed E-state index contributed by atoms with van der Waals surface area (Å²) < 4.78 is 0. The van der Waals surface area contributed by atoms with Gasteiger partial charge in [0.1, 0.15) is 0 Å². The maximum absolute atomic E-state index is 12.7. The Morgan fingerprint density at radius 1 is 1.26 bits per heavy atom. The summed E-state index contributed by atoms with van der Waals surface area (Å²) in [4.78, 5) is 14.7. The molecule has 1 heterocycles. The van der Waals surface area contributed by atoms with Gasteiger partial charge in [0.15, 0.2) is 0 Å². The van der Waals surface area contributed by atoms with Gasteiger partial charge < -0.3 is 15.3 Å². The van der Waals surface area contributed by atoms with Crippen molar-refractivity contribution in [2.24, 2.45) is 5.92 Å². The van der Waals surface area contributed by atoms with Crippen molar-refractivity contribution in [1.29, 1.82) is 0 Å². The van der Waals surface area contributed by atoms with Crippen molar-refractivity contribution in [3.63, 3.8) is 0 Å². The summed E-state index contributed by atoms with van der Waals surface area (Å²) in [7, 11) is 0. The summed E-state index contributed by atoms with van der Waals surface area (Å²) in [5.74, 6) is 1.14. The van der Waals surface area contributed by atoms with E-state index in [0.29, 0.717) is 24.3 Å². The molecule has 1 aromatic carbocycles. The minimum absolute atomic E-state index is 0.0834. The highest BCUT2D eigenvalue weighted by atomic mass is 16.3. The van der Waals surface area contributed by atoms with Gasteiger partial charge in [0.25, 0.3) is 0 Å². The second-order valence-electron chi connectivity index (χ2n) is 7.26. The minimum atomic E-state index is 0.0834. The highest BCUT2D eigenvalue weighted by Crippen LogP contribution is 2.54. The average Bonchev–Trinajstić information content (AvgIpc) is 3.29. The zero-order valence-corrected chi connectivity index (χ0v) is 13.6. The number of rotatable bonds is 3. The van der Waals surface area contributed by atoms with Crippen LogP contribution < -0.4 is 5.32 Å². The second kappa shape index (κ2) is 6.16. The molecule has 2 aliphatic carbocycles. The number of carbonyl (C=O) groups excluding carboxylic acids is 1. The number of fused-ring (bicyclic) bond motifs is 3. The lowest BCUT2D eigenvalue weighted by Gasteiger charge is -2.35. The van der Waals surface area contributed by atoms with E-state index in [9.17, 15) is 9.90 Å². The number of amides is 2.